The molecule has 0 aliphatic rings. The Morgan fingerprint density at radius 1 is 1.53 bits per heavy atom. The van der Waals surface area contributed by atoms with E-state index >= 15 is 0 Å². The number of nitrogens with zero attached hydrogens (tertiary/aromatic N) is 3. The predicted molar refractivity (Wildman–Crippen MR) is 65.8 cm³/mol. The van der Waals surface area contributed by atoms with E-state index in [1.807, 2.05) is 0 Å². The monoisotopic (exact) mass is 276 g/mol. The van der Waals surface area contributed by atoms with Gasteiger partial charge in [0.05, 0.1) is 30.2 Å². The summed E-state index contributed by atoms with van der Waals surface area (Å²) < 4.78 is 26.1. The normalized spacial score (nSPS) is 11.1. The van der Waals surface area contributed by atoms with Crippen LogP contribution in [-0.2, 0) is 11.3 Å². The van der Waals surface area contributed by atoms with Crippen molar-refractivity contribution < 1.29 is 18.7 Å². The standard InChI is InChI=1S/C11H18F2N4O2/c1-7-11(14)8(2)17(15-7)6-10(19)16(3-4-18)5-9(12)13/h9,18H,3-6,14H2,1-2H3. The summed E-state index contributed by atoms with van der Waals surface area (Å²) >= 11 is 0. The van der Waals surface area contributed by atoms with Gasteiger partial charge in [-0.15, -0.1) is 0 Å². The van der Waals surface area contributed by atoms with E-state index in [1.54, 1.807) is 13.8 Å². The summed E-state index contributed by atoms with van der Waals surface area (Å²) in [7, 11) is 0. The molecule has 0 atom stereocenters. The number of rotatable bonds is 6. The van der Waals surface area contributed by atoms with Crippen LogP contribution in [0.2, 0.25) is 0 Å². The van der Waals surface area contributed by atoms with Gasteiger partial charge in [-0.3, -0.25) is 9.48 Å². The molecule has 1 heterocycles. The fourth-order valence-corrected chi connectivity index (χ4v) is 1.70. The highest BCUT2D eigenvalue weighted by atomic mass is 19.3. The number of anilines is 1. The molecular weight excluding hydrogens is 258 g/mol. The lowest BCUT2D eigenvalue weighted by molar-refractivity contribution is -0.134. The van der Waals surface area contributed by atoms with Crippen LogP contribution in [0.5, 0.6) is 0 Å². The Morgan fingerprint density at radius 2 is 2.16 bits per heavy atom. The minimum Gasteiger partial charge on any atom is -0.396 e. The third kappa shape index (κ3) is 3.88. The van der Waals surface area contributed by atoms with E-state index in [4.69, 9.17) is 10.8 Å². The highest BCUT2D eigenvalue weighted by Crippen LogP contribution is 2.14. The third-order valence-corrected chi connectivity index (χ3v) is 2.80. The van der Waals surface area contributed by atoms with Gasteiger partial charge in [-0.25, -0.2) is 8.78 Å². The summed E-state index contributed by atoms with van der Waals surface area (Å²) in [6, 6.07) is 0. The number of nitrogen functional groups attached to an aromatic ring is 1. The molecule has 0 saturated heterocycles. The summed E-state index contributed by atoms with van der Waals surface area (Å²) in [6.07, 6.45) is -2.64. The summed E-state index contributed by atoms with van der Waals surface area (Å²) in [6.45, 7) is 2.04. The molecule has 0 aliphatic heterocycles. The lowest BCUT2D eigenvalue weighted by atomic mass is 10.3. The molecule has 1 rings (SSSR count). The van der Waals surface area contributed by atoms with E-state index in [-0.39, 0.29) is 19.7 Å². The van der Waals surface area contributed by atoms with Gasteiger partial charge in [0.15, 0.2) is 0 Å². The van der Waals surface area contributed by atoms with Crippen LogP contribution >= 0.6 is 0 Å². The fourth-order valence-electron chi connectivity index (χ4n) is 1.70. The summed E-state index contributed by atoms with van der Waals surface area (Å²) in [4.78, 5) is 12.8. The average Bonchev–Trinajstić information content (AvgIpc) is 2.56. The molecule has 0 fully saturated rings. The van der Waals surface area contributed by atoms with Gasteiger partial charge >= 0.3 is 0 Å². The Labute approximate surface area is 109 Å². The number of aryl methyl sites for hydroxylation is 1. The average molecular weight is 276 g/mol. The molecule has 0 bridgehead atoms. The first kappa shape index (κ1) is 15.4. The van der Waals surface area contributed by atoms with Gasteiger partial charge in [0.2, 0.25) is 5.91 Å². The largest absolute Gasteiger partial charge is 0.396 e. The molecule has 19 heavy (non-hydrogen) atoms. The van der Waals surface area contributed by atoms with E-state index in [0.717, 1.165) is 4.90 Å². The zero-order valence-electron chi connectivity index (χ0n) is 10.9. The van der Waals surface area contributed by atoms with Gasteiger partial charge in [-0.2, -0.15) is 5.10 Å². The van der Waals surface area contributed by atoms with Gasteiger partial charge in [-0.1, -0.05) is 0 Å². The number of aliphatic hydroxyl groups excluding tert-OH is 1. The lowest BCUT2D eigenvalue weighted by Gasteiger charge is -2.21. The van der Waals surface area contributed by atoms with Crippen molar-refractivity contribution in [3.63, 3.8) is 0 Å². The highest BCUT2D eigenvalue weighted by Gasteiger charge is 2.19. The van der Waals surface area contributed by atoms with Crippen molar-refractivity contribution in [3.8, 4) is 0 Å². The predicted octanol–water partition coefficient (Wildman–Crippen LogP) is 0.168. The van der Waals surface area contributed by atoms with Crippen molar-refractivity contribution in [2.75, 3.05) is 25.4 Å². The van der Waals surface area contributed by atoms with E-state index in [9.17, 15) is 13.6 Å². The number of aliphatic hydroxyl groups is 1. The quantitative estimate of drug-likeness (QED) is 0.775. The van der Waals surface area contributed by atoms with Gasteiger partial charge in [0.1, 0.15) is 6.54 Å². The summed E-state index contributed by atoms with van der Waals surface area (Å²) in [5.74, 6) is -0.528. The molecule has 0 radical (unpaired) electrons. The Bertz CT molecular complexity index is 448. The van der Waals surface area contributed by atoms with Crippen molar-refractivity contribution in [2.45, 2.75) is 26.8 Å². The van der Waals surface area contributed by atoms with Gasteiger partial charge in [0, 0.05) is 6.54 Å². The number of aromatic nitrogens is 2. The molecule has 3 N–H and O–H groups in total. The van der Waals surface area contributed by atoms with Gasteiger partial charge in [0.25, 0.3) is 6.43 Å². The Kier molecular flexibility index (Phi) is 5.22. The molecule has 8 heteroatoms. The molecule has 1 amide bonds. The smallest absolute Gasteiger partial charge is 0.255 e. The number of carbonyl (C=O) groups excluding carboxylic acids is 1. The second-order valence-corrected chi connectivity index (χ2v) is 4.20. The second-order valence-electron chi connectivity index (χ2n) is 4.20. The zero-order chi connectivity index (χ0) is 14.6. The third-order valence-electron chi connectivity index (χ3n) is 2.80. The van der Waals surface area contributed by atoms with Crippen molar-refractivity contribution in [1.29, 1.82) is 0 Å². The fraction of sp³-hybridized carbons (Fsp3) is 0.636. The zero-order valence-corrected chi connectivity index (χ0v) is 10.9. The summed E-state index contributed by atoms with van der Waals surface area (Å²) in [5.41, 5.74) is 7.42. The van der Waals surface area contributed by atoms with Gasteiger partial charge < -0.3 is 15.7 Å². The number of amides is 1. The van der Waals surface area contributed by atoms with E-state index in [1.165, 1.54) is 4.68 Å². The molecule has 1 aromatic heterocycles. The number of nitrogens with two attached hydrogens (primary N) is 1. The second kappa shape index (κ2) is 6.46. The van der Waals surface area contributed by atoms with Crippen LogP contribution in [0.25, 0.3) is 0 Å². The first-order chi connectivity index (χ1) is 8.86. The number of hydrogen-bond acceptors (Lipinski definition) is 4. The van der Waals surface area contributed by atoms with Crippen LogP contribution in [0.15, 0.2) is 0 Å². The van der Waals surface area contributed by atoms with E-state index < -0.39 is 18.9 Å². The Morgan fingerprint density at radius 3 is 2.58 bits per heavy atom. The number of alkyl halides is 2. The minimum absolute atomic E-state index is 0.127. The van der Waals surface area contributed by atoms with Crippen LogP contribution in [0.4, 0.5) is 14.5 Å². The number of hydrogen-bond donors (Lipinski definition) is 2. The van der Waals surface area contributed by atoms with Crippen LogP contribution in [0.1, 0.15) is 11.4 Å². The van der Waals surface area contributed by atoms with Crippen LogP contribution in [-0.4, -0.2) is 51.8 Å². The molecule has 108 valence electrons. The molecule has 0 spiro atoms. The molecular formula is C11H18F2N4O2. The maximum absolute atomic E-state index is 12.3. The lowest BCUT2D eigenvalue weighted by Crippen LogP contribution is -2.39. The molecule has 1 aromatic rings. The van der Waals surface area contributed by atoms with E-state index in [0.29, 0.717) is 17.1 Å². The van der Waals surface area contributed by atoms with Gasteiger partial charge in [-0.05, 0) is 13.8 Å². The van der Waals surface area contributed by atoms with Crippen molar-refractivity contribution >= 4 is 11.6 Å². The van der Waals surface area contributed by atoms with Crippen LogP contribution < -0.4 is 5.73 Å². The maximum atomic E-state index is 12.3. The minimum atomic E-state index is -2.64. The van der Waals surface area contributed by atoms with Crippen LogP contribution in [0, 0.1) is 13.8 Å². The van der Waals surface area contributed by atoms with E-state index in [2.05, 4.69) is 5.10 Å². The van der Waals surface area contributed by atoms with Crippen molar-refractivity contribution in [3.05, 3.63) is 11.4 Å². The van der Waals surface area contributed by atoms with Crippen molar-refractivity contribution in [2.24, 2.45) is 0 Å². The Hall–Kier alpha value is -1.70. The number of halogens is 2. The first-order valence-electron chi connectivity index (χ1n) is 5.83. The topological polar surface area (TPSA) is 84.4 Å². The molecule has 0 aromatic carbocycles. The molecule has 0 saturated carbocycles. The van der Waals surface area contributed by atoms with Crippen molar-refractivity contribution in [1.82, 2.24) is 14.7 Å². The number of carbonyl (C=O) groups is 1. The Balaban J connectivity index is 2.78. The SMILES string of the molecule is Cc1nn(CC(=O)N(CCO)CC(F)F)c(C)c1N. The summed E-state index contributed by atoms with van der Waals surface area (Å²) in [5, 5.41) is 12.9. The molecule has 0 aliphatic carbocycles. The van der Waals surface area contributed by atoms with Crippen LogP contribution in [0.3, 0.4) is 0 Å². The molecule has 6 nitrogen and oxygen atoms in total. The molecule has 0 unspecified atom stereocenters. The highest BCUT2D eigenvalue weighted by molar-refractivity contribution is 5.76. The maximum Gasteiger partial charge on any atom is 0.255 e. The first-order valence-corrected chi connectivity index (χ1v) is 5.83.